The van der Waals surface area contributed by atoms with Crippen molar-refractivity contribution in [1.82, 2.24) is 15.1 Å². The van der Waals surface area contributed by atoms with E-state index in [1.54, 1.807) is 5.06 Å². The third-order valence-electron chi connectivity index (χ3n) is 4.83. The SMILES string of the molecule is CC(=O)ON1CCN(N2CCC(Cc3ccccc3)CC2)CC1. The van der Waals surface area contributed by atoms with E-state index in [4.69, 9.17) is 4.84 Å². The molecule has 0 aromatic heterocycles. The Morgan fingerprint density at radius 1 is 1.00 bits per heavy atom. The van der Waals surface area contributed by atoms with Gasteiger partial charge in [-0.3, -0.25) is 4.79 Å². The second-order valence-corrected chi connectivity index (χ2v) is 6.55. The first-order valence-electron chi connectivity index (χ1n) is 8.68. The zero-order chi connectivity index (χ0) is 16.1. The Kier molecular flexibility index (Phi) is 5.65. The molecule has 1 aromatic carbocycles. The minimum atomic E-state index is -0.222. The number of hydroxylamine groups is 2. The van der Waals surface area contributed by atoms with Crippen LogP contribution in [0.2, 0.25) is 0 Å². The third-order valence-corrected chi connectivity index (χ3v) is 4.83. The first-order valence-corrected chi connectivity index (χ1v) is 8.68. The molecule has 0 amide bonds. The molecule has 5 heteroatoms. The molecule has 2 aliphatic heterocycles. The molecule has 0 spiro atoms. The summed E-state index contributed by atoms with van der Waals surface area (Å²) in [7, 11) is 0. The molecule has 0 N–H and O–H groups in total. The van der Waals surface area contributed by atoms with E-state index in [1.165, 1.54) is 31.7 Å². The molecule has 3 rings (SSSR count). The molecule has 2 saturated heterocycles. The van der Waals surface area contributed by atoms with Crippen LogP contribution in [0.4, 0.5) is 0 Å². The molecule has 2 aliphatic rings. The normalized spacial score (nSPS) is 22.1. The number of piperazine rings is 1. The van der Waals surface area contributed by atoms with E-state index >= 15 is 0 Å². The predicted molar refractivity (Wildman–Crippen MR) is 89.4 cm³/mol. The van der Waals surface area contributed by atoms with Gasteiger partial charge in [0.15, 0.2) is 0 Å². The first kappa shape index (κ1) is 16.4. The Balaban J connectivity index is 1.40. The lowest BCUT2D eigenvalue weighted by molar-refractivity contribution is -0.205. The number of benzene rings is 1. The van der Waals surface area contributed by atoms with Gasteiger partial charge in [-0.15, -0.1) is 5.06 Å². The Bertz CT molecular complexity index is 492. The smallest absolute Gasteiger partial charge is 0.322 e. The van der Waals surface area contributed by atoms with Gasteiger partial charge in [-0.05, 0) is 30.7 Å². The van der Waals surface area contributed by atoms with Crippen LogP contribution in [0.1, 0.15) is 25.3 Å². The Hall–Kier alpha value is -1.43. The van der Waals surface area contributed by atoms with Gasteiger partial charge in [0, 0.05) is 46.2 Å². The van der Waals surface area contributed by atoms with Gasteiger partial charge >= 0.3 is 5.97 Å². The molecule has 0 bridgehead atoms. The van der Waals surface area contributed by atoms with Crippen molar-refractivity contribution in [3.8, 4) is 0 Å². The summed E-state index contributed by atoms with van der Waals surface area (Å²) in [5.41, 5.74) is 1.46. The lowest BCUT2D eigenvalue weighted by Crippen LogP contribution is -2.55. The van der Waals surface area contributed by atoms with Crippen molar-refractivity contribution in [2.45, 2.75) is 26.2 Å². The van der Waals surface area contributed by atoms with E-state index in [0.29, 0.717) is 0 Å². The van der Waals surface area contributed by atoms with E-state index in [9.17, 15) is 4.79 Å². The molecular formula is C18H27N3O2. The fourth-order valence-electron chi connectivity index (χ4n) is 3.59. The summed E-state index contributed by atoms with van der Waals surface area (Å²) in [4.78, 5) is 16.2. The molecule has 2 heterocycles. The molecule has 23 heavy (non-hydrogen) atoms. The maximum Gasteiger partial charge on any atom is 0.322 e. The van der Waals surface area contributed by atoms with Crippen molar-refractivity contribution in [3.63, 3.8) is 0 Å². The van der Waals surface area contributed by atoms with Gasteiger partial charge in [0.2, 0.25) is 0 Å². The highest BCUT2D eigenvalue weighted by atomic mass is 16.7. The van der Waals surface area contributed by atoms with Crippen molar-refractivity contribution in [2.75, 3.05) is 39.3 Å². The standard InChI is InChI=1S/C18H27N3O2/c1-16(22)23-21-13-11-20(12-14-21)19-9-7-18(8-10-19)15-17-5-3-2-4-6-17/h2-6,18H,7-15H2,1H3. The minimum Gasteiger partial charge on any atom is -0.368 e. The molecule has 2 fully saturated rings. The van der Waals surface area contributed by atoms with Crippen LogP contribution in [0, 0.1) is 5.92 Å². The molecule has 0 atom stereocenters. The summed E-state index contributed by atoms with van der Waals surface area (Å²) in [6.07, 6.45) is 3.73. The van der Waals surface area contributed by atoms with Crippen LogP contribution < -0.4 is 0 Å². The molecular weight excluding hydrogens is 290 g/mol. The molecule has 0 unspecified atom stereocenters. The van der Waals surface area contributed by atoms with E-state index < -0.39 is 0 Å². The van der Waals surface area contributed by atoms with Crippen LogP contribution in [0.5, 0.6) is 0 Å². The topological polar surface area (TPSA) is 36.0 Å². The first-order chi connectivity index (χ1) is 11.2. The highest BCUT2D eigenvalue weighted by Gasteiger charge is 2.27. The quantitative estimate of drug-likeness (QED) is 0.848. The van der Waals surface area contributed by atoms with Gasteiger partial charge in [-0.2, -0.15) is 0 Å². The molecule has 126 valence electrons. The lowest BCUT2D eigenvalue weighted by Gasteiger charge is -2.43. The molecule has 0 aliphatic carbocycles. The molecule has 0 radical (unpaired) electrons. The zero-order valence-corrected chi connectivity index (χ0v) is 14.0. The van der Waals surface area contributed by atoms with Crippen molar-refractivity contribution in [2.24, 2.45) is 5.92 Å². The average molecular weight is 317 g/mol. The Morgan fingerprint density at radius 2 is 1.61 bits per heavy atom. The van der Waals surface area contributed by atoms with E-state index in [2.05, 4.69) is 40.3 Å². The number of hydrogen-bond acceptors (Lipinski definition) is 5. The second kappa shape index (κ2) is 7.90. The van der Waals surface area contributed by atoms with Crippen molar-refractivity contribution < 1.29 is 9.63 Å². The fourth-order valence-corrected chi connectivity index (χ4v) is 3.59. The summed E-state index contributed by atoms with van der Waals surface area (Å²) >= 11 is 0. The van der Waals surface area contributed by atoms with Gasteiger partial charge in [0.05, 0.1) is 0 Å². The zero-order valence-electron chi connectivity index (χ0n) is 14.0. The van der Waals surface area contributed by atoms with Crippen molar-refractivity contribution in [1.29, 1.82) is 0 Å². The summed E-state index contributed by atoms with van der Waals surface area (Å²) in [6, 6.07) is 10.8. The van der Waals surface area contributed by atoms with E-state index in [-0.39, 0.29) is 5.97 Å². The van der Waals surface area contributed by atoms with Crippen molar-refractivity contribution in [3.05, 3.63) is 35.9 Å². The van der Waals surface area contributed by atoms with E-state index in [0.717, 1.165) is 45.2 Å². The number of rotatable bonds is 4. The summed E-state index contributed by atoms with van der Waals surface area (Å²) in [6.45, 7) is 7.22. The summed E-state index contributed by atoms with van der Waals surface area (Å²) in [5, 5.41) is 6.70. The van der Waals surface area contributed by atoms with Crippen molar-refractivity contribution >= 4 is 5.97 Å². The summed E-state index contributed by atoms with van der Waals surface area (Å²) in [5.74, 6) is 0.580. The number of carbonyl (C=O) groups excluding carboxylic acids is 1. The maximum absolute atomic E-state index is 11.0. The third kappa shape index (κ3) is 4.77. The Labute approximate surface area is 138 Å². The maximum atomic E-state index is 11.0. The van der Waals surface area contributed by atoms with Gasteiger partial charge in [0.1, 0.15) is 0 Å². The number of carbonyl (C=O) groups is 1. The molecule has 0 saturated carbocycles. The van der Waals surface area contributed by atoms with Crippen LogP contribution in [0.15, 0.2) is 30.3 Å². The molecule has 1 aromatic rings. The van der Waals surface area contributed by atoms with Crippen LogP contribution in [-0.2, 0) is 16.1 Å². The van der Waals surface area contributed by atoms with Crippen LogP contribution in [0.3, 0.4) is 0 Å². The second-order valence-electron chi connectivity index (χ2n) is 6.55. The number of hydrazine groups is 1. The Morgan fingerprint density at radius 3 is 2.22 bits per heavy atom. The predicted octanol–water partition coefficient (Wildman–Crippen LogP) is 1.95. The van der Waals surface area contributed by atoms with Gasteiger partial charge in [-0.25, -0.2) is 10.0 Å². The highest BCUT2D eigenvalue weighted by molar-refractivity contribution is 5.65. The van der Waals surface area contributed by atoms with E-state index in [1.807, 2.05) is 0 Å². The average Bonchev–Trinajstić information content (AvgIpc) is 2.57. The minimum absolute atomic E-state index is 0.222. The number of nitrogens with zero attached hydrogens (tertiary/aromatic N) is 3. The summed E-state index contributed by atoms with van der Waals surface area (Å²) < 4.78 is 0. The largest absolute Gasteiger partial charge is 0.368 e. The highest BCUT2D eigenvalue weighted by Crippen LogP contribution is 2.23. The fraction of sp³-hybridized carbons (Fsp3) is 0.611. The van der Waals surface area contributed by atoms with Crippen LogP contribution in [-0.4, -0.2) is 60.3 Å². The van der Waals surface area contributed by atoms with Crippen LogP contribution >= 0.6 is 0 Å². The van der Waals surface area contributed by atoms with Crippen LogP contribution in [0.25, 0.3) is 0 Å². The van der Waals surface area contributed by atoms with Gasteiger partial charge in [-0.1, -0.05) is 30.3 Å². The van der Waals surface area contributed by atoms with Gasteiger partial charge < -0.3 is 4.84 Å². The van der Waals surface area contributed by atoms with Gasteiger partial charge in [0.25, 0.3) is 0 Å². The number of hydrogen-bond donors (Lipinski definition) is 0. The molecule has 5 nitrogen and oxygen atoms in total. The lowest BCUT2D eigenvalue weighted by atomic mass is 9.91. The number of piperidine rings is 1. The monoisotopic (exact) mass is 317 g/mol.